The van der Waals surface area contributed by atoms with Crippen molar-refractivity contribution in [3.8, 4) is 5.75 Å². The molecule has 1 atom stereocenters. The summed E-state index contributed by atoms with van der Waals surface area (Å²) in [5.41, 5.74) is 3.04. The zero-order chi connectivity index (χ0) is 20.5. The highest BCUT2D eigenvalue weighted by molar-refractivity contribution is 5.88. The van der Waals surface area contributed by atoms with Crippen LogP contribution < -0.4 is 10.1 Å². The van der Waals surface area contributed by atoms with Crippen LogP contribution in [0.5, 0.6) is 5.75 Å². The Balaban J connectivity index is 2.26. The summed E-state index contributed by atoms with van der Waals surface area (Å²) in [5, 5.41) is 2.86. The molecule has 0 spiro atoms. The van der Waals surface area contributed by atoms with Crippen LogP contribution in [0.2, 0.25) is 0 Å². The summed E-state index contributed by atoms with van der Waals surface area (Å²) in [5.74, 6) is 0.576. The lowest BCUT2D eigenvalue weighted by atomic mass is 10.1. The van der Waals surface area contributed by atoms with Crippen LogP contribution in [0.25, 0.3) is 0 Å². The third kappa shape index (κ3) is 5.84. The van der Waals surface area contributed by atoms with Gasteiger partial charge < -0.3 is 15.0 Å². The number of aryl methyl sites for hydroxylation is 1. The molecule has 0 aliphatic rings. The first-order chi connectivity index (χ1) is 13.5. The molecule has 2 rings (SSSR count). The summed E-state index contributed by atoms with van der Waals surface area (Å²) in [7, 11) is 1.61. The Morgan fingerprint density at radius 2 is 1.79 bits per heavy atom. The smallest absolute Gasteiger partial charge is 0.242 e. The maximum atomic E-state index is 13.2. The summed E-state index contributed by atoms with van der Waals surface area (Å²) >= 11 is 0. The maximum absolute atomic E-state index is 13.2. The lowest BCUT2D eigenvalue weighted by molar-refractivity contribution is -0.140. The number of nitrogens with one attached hydrogen (secondary N) is 1. The molecule has 0 aliphatic carbocycles. The summed E-state index contributed by atoms with van der Waals surface area (Å²) in [6, 6.07) is 15.0. The molecule has 28 heavy (non-hydrogen) atoms. The van der Waals surface area contributed by atoms with E-state index < -0.39 is 6.04 Å². The maximum Gasteiger partial charge on any atom is 0.242 e. The van der Waals surface area contributed by atoms with Gasteiger partial charge in [0.1, 0.15) is 11.8 Å². The van der Waals surface area contributed by atoms with E-state index in [2.05, 4.69) is 11.4 Å². The first-order valence-corrected chi connectivity index (χ1v) is 9.74. The monoisotopic (exact) mass is 382 g/mol. The van der Waals surface area contributed by atoms with Crippen LogP contribution in [0.1, 0.15) is 37.0 Å². The molecular formula is C23H30N2O3. The topological polar surface area (TPSA) is 58.6 Å². The molecule has 1 N–H and O–H groups in total. The molecule has 2 amide bonds. The highest BCUT2D eigenvalue weighted by Gasteiger charge is 2.28. The van der Waals surface area contributed by atoms with E-state index in [9.17, 15) is 9.59 Å². The SMILES string of the molecule is CCNC(=O)C(CC)N(Cc1cccc(C)c1)C(=O)Cc1ccc(OC)cc1. The molecule has 150 valence electrons. The van der Waals surface area contributed by atoms with Crippen LogP contribution in [0.3, 0.4) is 0 Å². The zero-order valence-electron chi connectivity index (χ0n) is 17.2. The van der Waals surface area contributed by atoms with E-state index >= 15 is 0 Å². The predicted molar refractivity (Wildman–Crippen MR) is 111 cm³/mol. The van der Waals surface area contributed by atoms with Gasteiger partial charge >= 0.3 is 0 Å². The molecule has 5 heteroatoms. The minimum Gasteiger partial charge on any atom is -0.497 e. The van der Waals surface area contributed by atoms with Crippen molar-refractivity contribution in [3.05, 3.63) is 65.2 Å². The van der Waals surface area contributed by atoms with Crippen molar-refractivity contribution in [1.29, 1.82) is 0 Å². The number of hydrogen-bond donors (Lipinski definition) is 1. The minimum atomic E-state index is -0.494. The predicted octanol–water partition coefficient (Wildman–Crippen LogP) is 3.49. The van der Waals surface area contributed by atoms with Gasteiger partial charge in [-0.05, 0) is 43.5 Å². The van der Waals surface area contributed by atoms with Crippen molar-refractivity contribution >= 4 is 11.8 Å². The van der Waals surface area contributed by atoms with E-state index in [-0.39, 0.29) is 18.2 Å². The number of nitrogens with zero attached hydrogens (tertiary/aromatic N) is 1. The number of likely N-dealkylation sites (N-methyl/N-ethyl adjacent to an activating group) is 1. The summed E-state index contributed by atoms with van der Waals surface area (Å²) < 4.78 is 5.18. The number of ether oxygens (including phenoxy) is 1. The van der Waals surface area contributed by atoms with Gasteiger partial charge in [0, 0.05) is 13.1 Å². The van der Waals surface area contributed by atoms with Gasteiger partial charge in [-0.25, -0.2) is 0 Å². The lowest BCUT2D eigenvalue weighted by Crippen LogP contribution is -2.49. The van der Waals surface area contributed by atoms with Crippen molar-refractivity contribution in [1.82, 2.24) is 10.2 Å². The van der Waals surface area contributed by atoms with Crippen molar-refractivity contribution in [2.24, 2.45) is 0 Å². The van der Waals surface area contributed by atoms with Gasteiger partial charge in [0.05, 0.1) is 13.5 Å². The molecule has 0 aliphatic heterocycles. The van der Waals surface area contributed by atoms with E-state index in [1.54, 1.807) is 12.0 Å². The first-order valence-electron chi connectivity index (χ1n) is 9.74. The summed E-state index contributed by atoms with van der Waals surface area (Å²) in [6.45, 7) is 6.79. The molecule has 1 unspecified atom stereocenters. The Kier molecular flexibility index (Phi) is 8.05. The van der Waals surface area contributed by atoms with Gasteiger partial charge in [0.15, 0.2) is 0 Å². The van der Waals surface area contributed by atoms with Crippen molar-refractivity contribution < 1.29 is 14.3 Å². The molecule has 2 aromatic carbocycles. The Labute approximate surface area is 167 Å². The zero-order valence-corrected chi connectivity index (χ0v) is 17.2. The van der Waals surface area contributed by atoms with E-state index in [4.69, 9.17) is 4.74 Å². The van der Waals surface area contributed by atoms with Crippen LogP contribution in [0, 0.1) is 6.92 Å². The fourth-order valence-corrected chi connectivity index (χ4v) is 3.24. The minimum absolute atomic E-state index is 0.0650. The highest BCUT2D eigenvalue weighted by Crippen LogP contribution is 2.17. The molecule has 5 nitrogen and oxygen atoms in total. The van der Waals surface area contributed by atoms with Crippen LogP contribution in [-0.2, 0) is 22.6 Å². The van der Waals surface area contributed by atoms with Crippen molar-refractivity contribution in [2.75, 3.05) is 13.7 Å². The van der Waals surface area contributed by atoms with E-state index in [1.165, 1.54) is 0 Å². The van der Waals surface area contributed by atoms with E-state index in [0.29, 0.717) is 19.5 Å². The van der Waals surface area contributed by atoms with Gasteiger partial charge in [-0.1, -0.05) is 48.9 Å². The highest BCUT2D eigenvalue weighted by atomic mass is 16.5. The number of benzene rings is 2. The number of rotatable bonds is 9. The molecule has 0 heterocycles. The molecule has 0 fully saturated rings. The molecule has 0 bridgehead atoms. The molecular weight excluding hydrogens is 352 g/mol. The van der Waals surface area contributed by atoms with Gasteiger partial charge in [0.2, 0.25) is 11.8 Å². The lowest BCUT2D eigenvalue weighted by Gasteiger charge is -2.30. The van der Waals surface area contributed by atoms with Gasteiger partial charge in [-0.15, -0.1) is 0 Å². The van der Waals surface area contributed by atoms with E-state index in [1.807, 2.05) is 63.2 Å². The van der Waals surface area contributed by atoms with Crippen LogP contribution >= 0.6 is 0 Å². The Hall–Kier alpha value is -2.82. The van der Waals surface area contributed by atoms with Crippen molar-refractivity contribution in [3.63, 3.8) is 0 Å². The number of methoxy groups -OCH3 is 1. The largest absolute Gasteiger partial charge is 0.497 e. The third-order valence-electron chi connectivity index (χ3n) is 4.69. The van der Waals surface area contributed by atoms with Crippen LogP contribution in [0.15, 0.2) is 48.5 Å². The Morgan fingerprint density at radius 1 is 1.07 bits per heavy atom. The number of carbonyl (C=O) groups is 2. The number of carbonyl (C=O) groups excluding carboxylic acids is 2. The van der Waals surface area contributed by atoms with E-state index in [0.717, 1.165) is 22.4 Å². The standard InChI is InChI=1S/C23H30N2O3/c1-5-21(23(27)24-6-2)25(16-19-9-7-8-17(3)14-19)22(26)15-18-10-12-20(28-4)13-11-18/h7-14,21H,5-6,15-16H2,1-4H3,(H,24,27). The van der Waals surface area contributed by atoms with Gasteiger partial charge in [0.25, 0.3) is 0 Å². The first kappa shape index (κ1) is 21.5. The molecule has 0 radical (unpaired) electrons. The van der Waals surface area contributed by atoms with Crippen LogP contribution in [0.4, 0.5) is 0 Å². The normalized spacial score (nSPS) is 11.6. The fourth-order valence-electron chi connectivity index (χ4n) is 3.24. The number of hydrogen-bond acceptors (Lipinski definition) is 3. The Bertz CT molecular complexity index is 787. The summed E-state index contributed by atoms with van der Waals surface area (Å²) in [4.78, 5) is 27.5. The third-order valence-corrected chi connectivity index (χ3v) is 4.69. The Morgan fingerprint density at radius 3 is 2.36 bits per heavy atom. The molecule has 2 aromatic rings. The second-order valence-electron chi connectivity index (χ2n) is 6.85. The van der Waals surface area contributed by atoms with Gasteiger partial charge in [-0.2, -0.15) is 0 Å². The second kappa shape index (κ2) is 10.5. The molecule has 0 aromatic heterocycles. The molecule has 0 saturated carbocycles. The average Bonchev–Trinajstić information content (AvgIpc) is 2.68. The van der Waals surface area contributed by atoms with Crippen LogP contribution in [-0.4, -0.2) is 36.4 Å². The number of amides is 2. The quantitative estimate of drug-likeness (QED) is 0.722. The molecule has 0 saturated heterocycles. The van der Waals surface area contributed by atoms with Gasteiger partial charge in [-0.3, -0.25) is 9.59 Å². The second-order valence-corrected chi connectivity index (χ2v) is 6.85. The summed E-state index contributed by atoms with van der Waals surface area (Å²) in [6.07, 6.45) is 0.803. The van der Waals surface area contributed by atoms with Crippen molar-refractivity contribution in [2.45, 2.75) is 46.2 Å². The fraction of sp³-hybridized carbons (Fsp3) is 0.391. The average molecular weight is 383 g/mol.